The van der Waals surface area contributed by atoms with Crippen LogP contribution in [0.2, 0.25) is 0 Å². The average molecular weight is 235 g/mol. The summed E-state index contributed by atoms with van der Waals surface area (Å²) in [6.07, 6.45) is 2.99. The van der Waals surface area contributed by atoms with Crippen molar-refractivity contribution in [2.45, 2.75) is 25.9 Å². The maximum Gasteiger partial charge on any atom is 0.217 e. The Bertz CT molecular complexity index is 369. The lowest BCUT2D eigenvalue weighted by Gasteiger charge is -2.25. The highest BCUT2D eigenvalue weighted by Crippen LogP contribution is 2.26. The van der Waals surface area contributed by atoms with Crippen LogP contribution in [0.3, 0.4) is 0 Å². The van der Waals surface area contributed by atoms with Crippen molar-refractivity contribution in [3.8, 4) is 5.88 Å². The van der Waals surface area contributed by atoms with Crippen LogP contribution in [0.5, 0.6) is 5.88 Å². The zero-order valence-corrected chi connectivity index (χ0v) is 10.6. The molecule has 1 aliphatic rings. The number of methoxy groups -OCH3 is 1. The number of likely N-dealkylation sites (tertiary alicyclic amines) is 1. The first-order valence-corrected chi connectivity index (χ1v) is 6.18. The summed E-state index contributed by atoms with van der Waals surface area (Å²) < 4.78 is 5.28. The molecule has 2 rings (SSSR count). The van der Waals surface area contributed by atoms with Crippen molar-refractivity contribution >= 4 is 0 Å². The Kier molecular flexibility index (Phi) is 3.97. The lowest BCUT2D eigenvalue weighted by Crippen LogP contribution is -2.37. The summed E-state index contributed by atoms with van der Waals surface area (Å²) in [6.45, 7) is 4.99. The second kappa shape index (κ2) is 5.47. The van der Waals surface area contributed by atoms with Crippen molar-refractivity contribution < 1.29 is 4.74 Å². The van der Waals surface area contributed by atoms with Gasteiger partial charge in [0.1, 0.15) is 0 Å². The maximum absolute atomic E-state index is 5.85. The average Bonchev–Trinajstić information content (AvgIpc) is 2.70. The second-order valence-electron chi connectivity index (χ2n) is 4.71. The smallest absolute Gasteiger partial charge is 0.217 e. The van der Waals surface area contributed by atoms with Crippen LogP contribution in [0.1, 0.15) is 18.9 Å². The van der Waals surface area contributed by atoms with Gasteiger partial charge in [0.05, 0.1) is 7.11 Å². The van der Waals surface area contributed by atoms with Gasteiger partial charge in [-0.2, -0.15) is 0 Å². The lowest BCUT2D eigenvalue weighted by atomic mass is 10.0. The van der Waals surface area contributed by atoms with Crippen LogP contribution >= 0.6 is 0 Å². The van der Waals surface area contributed by atoms with E-state index in [1.165, 1.54) is 6.42 Å². The molecule has 0 bridgehead atoms. The number of nitrogens with zero attached hydrogens (tertiary/aromatic N) is 2. The molecule has 0 aromatic carbocycles. The molecular weight excluding hydrogens is 214 g/mol. The highest BCUT2D eigenvalue weighted by Gasteiger charge is 2.30. The molecule has 4 nitrogen and oxygen atoms in total. The fourth-order valence-electron chi connectivity index (χ4n) is 2.61. The van der Waals surface area contributed by atoms with Gasteiger partial charge in [-0.05, 0) is 24.9 Å². The monoisotopic (exact) mass is 235 g/mol. The third kappa shape index (κ3) is 2.58. The van der Waals surface area contributed by atoms with Crippen LogP contribution in [0, 0.1) is 5.92 Å². The number of hydrogen-bond acceptors (Lipinski definition) is 4. The first kappa shape index (κ1) is 12.3. The predicted octanol–water partition coefficient (Wildman–Crippen LogP) is 1.26. The molecule has 17 heavy (non-hydrogen) atoms. The van der Waals surface area contributed by atoms with Crippen LogP contribution < -0.4 is 10.5 Å². The Balaban J connectivity index is 2.10. The Morgan fingerprint density at radius 2 is 2.41 bits per heavy atom. The van der Waals surface area contributed by atoms with E-state index in [9.17, 15) is 0 Å². The summed E-state index contributed by atoms with van der Waals surface area (Å²) in [5.74, 6) is 1.41. The van der Waals surface area contributed by atoms with Gasteiger partial charge < -0.3 is 10.5 Å². The van der Waals surface area contributed by atoms with Gasteiger partial charge in [-0.3, -0.25) is 4.90 Å². The van der Waals surface area contributed by atoms with E-state index in [0.717, 1.165) is 31.1 Å². The fraction of sp³-hybridized carbons (Fsp3) is 0.615. The zero-order valence-electron chi connectivity index (χ0n) is 10.6. The van der Waals surface area contributed by atoms with E-state index in [-0.39, 0.29) is 0 Å². The molecule has 0 saturated carbocycles. The van der Waals surface area contributed by atoms with E-state index in [4.69, 9.17) is 10.5 Å². The molecule has 2 heterocycles. The van der Waals surface area contributed by atoms with Crippen molar-refractivity contribution in [2.24, 2.45) is 11.7 Å². The summed E-state index contributed by atoms with van der Waals surface area (Å²) in [4.78, 5) is 6.66. The first-order chi connectivity index (χ1) is 8.26. The summed E-state index contributed by atoms with van der Waals surface area (Å²) in [5, 5.41) is 0. The van der Waals surface area contributed by atoms with Crippen LogP contribution in [0.15, 0.2) is 18.3 Å². The minimum atomic E-state index is 0.486. The van der Waals surface area contributed by atoms with E-state index >= 15 is 0 Å². The number of ether oxygens (including phenoxy) is 1. The quantitative estimate of drug-likeness (QED) is 0.853. The lowest BCUT2D eigenvalue weighted by molar-refractivity contribution is 0.224. The van der Waals surface area contributed by atoms with Gasteiger partial charge in [-0.15, -0.1) is 0 Å². The number of aromatic nitrogens is 1. The highest BCUT2D eigenvalue weighted by atomic mass is 16.5. The molecule has 1 saturated heterocycles. The van der Waals surface area contributed by atoms with Gasteiger partial charge in [-0.1, -0.05) is 13.0 Å². The summed E-state index contributed by atoms with van der Waals surface area (Å²) >= 11 is 0. The largest absolute Gasteiger partial charge is 0.481 e. The van der Waals surface area contributed by atoms with Crippen molar-refractivity contribution in [3.63, 3.8) is 0 Å². The van der Waals surface area contributed by atoms with E-state index < -0.39 is 0 Å². The Labute approximate surface area is 103 Å². The van der Waals surface area contributed by atoms with Gasteiger partial charge in [0, 0.05) is 30.9 Å². The van der Waals surface area contributed by atoms with Gasteiger partial charge in [-0.25, -0.2) is 4.98 Å². The third-order valence-electron chi connectivity index (χ3n) is 3.66. The van der Waals surface area contributed by atoms with Crippen molar-refractivity contribution in [2.75, 3.05) is 20.2 Å². The second-order valence-corrected chi connectivity index (χ2v) is 4.71. The molecule has 2 atom stereocenters. The van der Waals surface area contributed by atoms with Gasteiger partial charge in [0.15, 0.2) is 0 Å². The van der Waals surface area contributed by atoms with Crippen LogP contribution in [-0.4, -0.2) is 36.1 Å². The number of pyridine rings is 1. The fourth-order valence-corrected chi connectivity index (χ4v) is 2.61. The Hall–Kier alpha value is -1.13. The third-order valence-corrected chi connectivity index (χ3v) is 3.66. The molecule has 1 fully saturated rings. The molecule has 0 spiro atoms. The maximum atomic E-state index is 5.85. The van der Waals surface area contributed by atoms with Crippen LogP contribution in [0.25, 0.3) is 0 Å². The number of nitrogens with two attached hydrogens (primary N) is 1. The molecule has 2 unspecified atom stereocenters. The molecule has 0 radical (unpaired) electrons. The summed E-state index contributed by atoms with van der Waals surface area (Å²) in [5.41, 5.74) is 6.99. The molecule has 2 N–H and O–H groups in total. The van der Waals surface area contributed by atoms with Gasteiger partial charge in [0.2, 0.25) is 5.88 Å². The van der Waals surface area contributed by atoms with Crippen LogP contribution in [0.4, 0.5) is 0 Å². The molecule has 1 aromatic rings. The SMILES string of the molecule is COc1ncccc1CN1CCC(C)C1CN. The molecular formula is C13H21N3O. The summed E-state index contributed by atoms with van der Waals surface area (Å²) in [6, 6.07) is 4.51. The van der Waals surface area contributed by atoms with E-state index in [1.807, 2.05) is 6.07 Å². The van der Waals surface area contributed by atoms with E-state index in [2.05, 4.69) is 22.9 Å². The number of hydrogen-bond donors (Lipinski definition) is 1. The molecule has 1 aromatic heterocycles. The molecule has 1 aliphatic heterocycles. The minimum absolute atomic E-state index is 0.486. The van der Waals surface area contributed by atoms with Crippen molar-refractivity contribution in [3.05, 3.63) is 23.9 Å². The van der Waals surface area contributed by atoms with E-state index in [1.54, 1.807) is 13.3 Å². The number of rotatable bonds is 4. The van der Waals surface area contributed by atoms with Crippen molar-refractivity contribution in [1.29, 1.82) is 0 Å². The normalized spacial score (nSPS) is 25.1. The minimum Gasteiger partial charge on any atom is -0.481 e. The van der Waals surface area contributed by atoms with Crippen LogP contribution in [-0.2, 0) is 6.54 Å². The Morgan fingerprint density at radius 3 is 3.12 bits per heavy atom. The standard InChI is InChI=1S/C13H21N3O/c1-10-5-7-16(12(10)8-14)9-11-4-3-6-15-13(11)17-2/h3-4,6,10,12H,5,7-9,14H2,1-2H3. The molecule has 4 heteroatoms. The topological polar surface area (TPSA) is 51.4 Å². The first-order valence-electron chi connectivity index (χ1n) is 6.18. The van der Waals surface area contributed by atoms with Crippen molar-refractivity contribution in [1.82, 2.24) is 9.88 Å². The zero-order chi connectivity index (χ0) is 12.3. The Morgan fingerprint density at radius 1 is 1.59 bits per heavy atom. The molecule has 0 amide bonds. The molecule has 0 aliphatic carbocycles. The predicted molar refractivity (Wildman–Crippen MR) is 67.8 cm³/mol. The van der Waals surface area contributed by atoms with Gasteiger partial charge in [0.25, 0.3) is 0 Å². The summed E-state index contributed by atoms with van der Waals surface area (Å²) in [7, 11) is 1.67. The molecule has 94 valence electrons. The highest BCUT2D eigenvalue weighted by molar-refractivity contribution is 5.25. The van der Waals surface area contributed by atoms with Gasteiger partial charge >= 0.3 is 0 Å². The van der Waals surface area contributed by atoms with E-state index in [0.29, 0.717) is 12.0 Å².